The van der Waals surface area contributed by atoms with Crippen molar-refractivity contribution in [2.75, 3.05) is 20.3 Å². The van der Waals surface area contributed by atoms with Crippen LogP contribution >= 0.6 is 23.4 Å². The van der Waals surface area contributed by atoms with Crippen LogP contribution in [-0.2, 0) is 11.4 Å². The fourth-order valence-corrected chi connectivity index (χ4v) is 4.71. The number of hydrogen-bond acceptors (Lipinski definition) is 6. The summed E-state index contributed by atoms with van der Waals surface area (Å²) in [6, 6.07) is 18.7. The van der Waals surface area contributed by atoms with Crippen LogP contribution in [0.3, 0.4) is 0 Å². The Bertz CT molecular complexity index is 1320. The molecule has 0 N–H and O–H groups in total. The molecule has 1 heterocycles. The molecule has 8 heteroatoms. The number of imide groups is 1. The molecule has 0 radical (unpaired) electrons. The zero-order chi connectivity index (χ0) is 25.7. The van der Waals surface area contributed by atoms with Gasteiger partial charge < -0.3 is 14.2 Å². The van der Waals surface area contributed by atoms with Gasteiger partial charge in [0.05, 0.1) is 18.6 Å². The van der Waals surface area contributed by atoms with E-state index in [2.05, 4.69) is 0 Å². The average Bonchev–Trinajstić information content (AvgIpc) is 3.12. The van der Waals surface area contributed by atoms with Gasteiger partial charge in [-0.25, -0.2) is 0 Å². The molecule has 0 saturated carbocycles. The molecule has 0 spiro atoms. The zero-order valence-electron chi connectivity index (χ0n) is 20.2. The van der Waals surface area contributed by atoms with Crippen LogP contribution in [0.15, 0.2) is 65.6 Å². The molecule has 1 aliphatic rings. The third kappa shape index (κ3) is 6.22. The van der Waals surface area contributed by atoms with Crippen LogP contribution in [0, 0.1) is 13.8 Å². The molecule has 6 nitrogen and oxygen atoms in total. The van der Waals surface area contributed by atoms with E-state index in [1.807, 2.05) is 56.3 Å². The number of aryl methyl sites for hydroxylation is 2. The molecule has 0 unspecified atom stereocenters. The minimum absolute atomic E-state index is 0.176. The second-order valence-corrected chi connectivity index (χ2v) is 9.71. The lowest BCUT2D eigenvalue weighted by molar-refractivity contribution is -0.123. The summed E-state index contributed by atoms with van der Waals surface area (Å²) in [6.07, 6.45) is 1.68. The van der Waals surface area contributed by atoms with Crippen LogP contribution in [-0.4, -0.2) is 36.3 Å². The number of carbonyl (C=O) groups is 2. The van der Waals surface area contributed by atoms with Crippen LogP contribution in [0.25, 0.3) is 6.08 Å². The fourth-order valence-electron chi connectivity index (χ4n) is 3.63. The van der Waals surface area contributed by atoms with Crippen molar-refractivity contribution in [3.8, 4) is 17.2 Å². The van der Waals surface area contributed by atoms with Gasteiger partial charge in [0.1, 0.15) is 19.0 Å². The highest BCUT2D eigenvalue weighted by atomic mass is 35.5. The Morgan fingerprint density at radius 1 is 0.944 bits per heavy atom. The number of rotatable bonds is 9. The van der Waals surface area contributed by atoms with E-state index in [0.29, 0.717) is 28.0 Å². The molecule has 186 valence electrons. The number of methoxy groups -OCH3 is 1. The van der Waals surface area contributed by atoms with Gasteiger partial charge >= 0.3 is 0 Å². The maximum Gasteiger partial charge on any atom is 0.293 e. The van der Waals surface area contributed by atoms with Crippen molar-refractivity contribution in [3.05, 3.63) is 92.8 Å². The summed E-state index contributed by atoms with van der Waals surface area (Å²) >= 11 is 6.95. The number of ether oxygens (including phenoxy) is 3. The summed E-state index contributed by atoms with van der Waals surface area (Å²) in [5.41, 5.74) is 3.74. The molecule has 1 aliphatic heterocycles. The third-order valence-electron chi connectivity index (χ3n) is 5.56. The van der Waals surface area contributed by atoms with Crippen molar-refractivity contribution >= 4 is 40.6 Å². The molecule has 36 heavy (non-hydrogen) atoms. The Morgan fingerprint density at radius 3 is 2.56 bits per heavy atom. The van der Waals surface area contributed by atoms with Gasteiger partial charge in [0.25, 0.3) is 11.1 Å². The van der Waals surface area contributed by atoms with Crippen LogP contribution in [0.1, 0.15) is 22.3 Å². The minimum atomic E-state index is -0.338. The maximum atomic E-state index is 12.9. The van der Waals surface area contributed by atoms with Gasteiger partial charge in [-0.2, -0.15) is 0 Å². The number of benzene rings is 3. The quantitative estimate of drug-likeness (QED) is 0.292. The fraction of sp³-hybridized carbons (Fsp3) is 0.214. The number of amides is 2. The molecule has 1 saturated heterocycles. The molecule has 4 rings (SSSR count). The van der Waals surface area contributed by atoms with E-state index in [-0.39, 0.29) is 24.3 Å². The number of halogens is 1. The van der Waals surface area contributed by atoms with E-state index in [4.69, 9.17) is 25.8 Å². The smallest absolute Gasteiger partial charge is 0.293 e. The zero-order valence-corrected chi connectivity index (χ0v) is 21.8. The highest BCUT2D eigenvalue weighted by molar-refractivity contribution is 8.18. The summed E-state index contributed by atoms with van der Waals surface area (Å²) in [5, 5.41) is 0.327. The Balaban J connectivity index is 1.40. The summed E-state index contributed by atoms with van der Waals surface area (Å²) in [7, 11) is 1.55. The number of thioether (sulfide) groups is 1. The molecule has 0 aromatic heterocycles. The third-order valence-corrected chi connectivity index (χ3v) is 6.70. The van der Waals surface area contributed by atoms with Gasteiger partial charge in [-0.3, -0.25) is 14.5 Å². The molecule has 3 aromatic rings. The van der Waals surface area contributed by atoms with Gasteiger partial charge in [0.2, 0.25) is 0 Å². The Morgan fingerprint density at radius 2 is 1.78 bits per heavy atom. The molecular formula is C28H26ClNO5S. The topological polar surface area (TPSA) is 65.1 Å². The van der Waals surface area contributed by atoms with Crippen molar-refractivity contribution < 1.29 is 23.8 Å². The van der Waals surface area contributed by atoms with Crippen molar-refractivity contribution in [1.82, 2.24) is 4.90 Å². The highest BCUT2D eigenvalue weighted by Crippen LogP contribution is 2.35. The van der Waals surface area contributed by atoms with E-state index in [0.717, 1.165) is 39.8 Å². The number of hydrogen-bond donors (Lipinski definition) is 0. The maximum absolute atomic E-state index is 12.9. The van der Waals surface area contributed by atoms with Gasteiger partial charge in [-0.05, 0) is 84.3 Å². The Kier molecular flexibility index (Phi) is 8.23. The lowest BCUT2D eigenvalue weighted by Crippen LogP contribution is -2.32. The number of nitrogens with zero attached hydrogens (tertiary/aromatic N) is 1. The summed E-state index contributed by atoms with van der Waals surface area (Å²) < 4.78 is 17.2. The average molecular weight is 524 g/mol. The molecule has 0 atom stereocenters. The highest BCUT2D eigenvalue weighted by Gasteiger charge is 2.34. The first-order valence-electron chi connectivity index (χ1n) is 11.3. The monoisotopic (exact) mass is 523 g/mol. The minimum Gasteiger partial charge on any atom is -0.493 e. The number of carbonyl (C=O) groups excluding carboxylic acids is 2. The van der Waals surface area contributed by atoms with Crippen molar-refractivity contribution in [3.63, 3.8) is 0 Å². The largest absolute Gasteiger partial charge is 0.493 e. The van der Waals surface area contributed by atoms with E-state index >= 15 is 0 Å². The van der Waals surface area contributed by atoms with E-state index in [1.165, 1.54) is 4.90 Å². The van der Waals surface area contributed by atoms with E-state index < -0.39 is 0 Å². The molecular weight excluding hydrogens is 498 g/mol. The summed E-state index contributed by atoms with van der Waals surface area (Å²) in [5.74, 6) is 1.50. The second kappa shape index (κ2) is 11.5. The summed E-state index contributed by atoms with van der Waals surface area (Å²) in [4.78, 5) is 26.9. The standard InChI is InChI=1S/C28H26ClNO5S/c1-18-7-8-19(2)24(13-18)34-12-11-30-27(31)26(36-28(30)32)16-20-9-10-23(25(15-20)33-3)35-17-21-5-4-6-22(29)14-21/h4-10,13-16H,11-12,17H2,1-3H3/b26-16-. The Labute approximate surface area is 219 Å². The van der Waals surface area contributed by atoms with E-state index in [1.54, 1.807) is 31.4 Å². The SMILES string of the molecule is COc1cc(/C=C2\SC(=O)N(CCOc3cc(C)ccc3C)C2=O)ccc1OCc1cccc(Cl)c1. The van der Waals surface area contributed by atoms with Gasteiger partial charge in [0.15, 0.2) is 11.5 Å². The first kappa shape index (κ1) is 25.7. The molecule has 2 amide bonds. The summed E-state index contributed by atoms with van der Waals surface area (Å²) in [6.45, 7) is 4.68. The molecule has 0 aliphatic carbocycles. The van der Waals surface area contributed by atoms with Crippen molar-refractivity contribution in [1.29, 1.82) is 0 Å². The molecule has 3 aromatic carbocycles. The predicted octanol–water partition coefficient (Wildman–Crippen LogP) is 6.66. The van der Waals surface area contributed by atoms with Crippen LogP contribution in [0.4, 0.5) is 4.79 Å². The first-order chi connectivity index (χ1) is 17.3. The Hall–Kier alpha value is -3.42. The van der Waals surface area contributed by atoms with Crippen LogP contribution < -0.4 is 14.2 Å². The molecule has 0 bridgehead atoms. The van der Waals surface area contributed by atoms with Gasteiger partial charge in [-0.1, -0.05) is 41.9 Å². The van der Waals surface area contributed by atoms with Gasteiger partial charge in [0, 0.05) is 5.02 Å². The predicted molar refractivity (Wildman–Crippen MR) is 143 cm³/mol. The second-order valence-electron chi connectivity index (χ2n) is 8.28. The van der Waals surface area contributed by atoms with Crippen LogP contribution in [0.5, 0.6) is 17.2 Å². The van der Waals surface area contributed by atoms with Crippen molar-refractivity contribution in [2.24, 2.45) is 0 Å². The normalized spacial score (nSPS) is 14.4. The first-order valence-corrected chi connectivity index (χ1v) is 12.5. The van der Waals surface area contributed by atoms with Crippen molar-refractivity contribution in [2.45, 2.75) is 20.5 Å². The van der Waals surface area contributed by atoms with E-state index in [9.17, 15) is 9.59 Å². The lowest BCUT2D eigenvalue weighted by atomic mass is 10.1. The lowest BCUT2D eigenvalue weighted by Gasteiger charge is -2.14. The van der Waals surface area contributed by atoms with Gasteiger partial charge in [-0.15, -0.1) is 0 Å². The molecule has 1 fully saturated rings. The van der Waals surface area contributed by atoms with Crippen LogP contribution in [0.2, 0.25) is 5.02 Å².